The highest BCUT2D eigenvalue weighted by atomic mass is 32.1. The van der Waals surface area contributed by atoms with Crippen LogP contribution in [0, 0.1) is 0 Å². The van der Waals surface area contributed by atoms with E-state index in [1.807, 2.05) is 60.7 Å². The molecule has 0 unspecified atom stereocenters. The van der Waals surface area contributed by atoms with E-state index in [9.17, 15) is 4.79 Å². The van der Waals surface area contributed by atoms with Crippen LogP contribution >= 0.6 is 12.2 Å². The fraction of sp³-hybridized carbons (Fsp3) is 0.143. The van der Waals surface area contributed by atoms with E-state index in [0.29, 0.717) is 18.1 Å². The molecular weight excluding hydrogens is 328 g/mol. The number of hydrogen-bond donors (Lipinski definition) is 2. The molecule has 3 nitrogen and oxygen atoms in total. The molecule has 0 aliphatic carbocycles. The lowest BCUT2D eigenvalue weighted by Gasteiger charge is -2.10. The van der Waals surface area contributed by atoms with Gasteiger partial charge in [-0.2, -0.15) is 0 Å². The highest BCUT2D eigenvalue weighted by Gasteiger charge is 2.08. The molecule has 25 heavy (non-hydrogen) atoms. The van der Waals surface area contributed by atoms with Crippen molar-refractivity contribution in [2.24, 2.45) is 0 Å². The first-order valence-corrected chi connectivity index (χ1v) is 8.71. The van der Waals surface area contributed by atoms with Crippen LogP contribution < -0.4 is 10.6 Å². The second-order valence-corrected chi connectivity index (χ2v) is 6.26. The van der Waals surface area contributed by atoms with Gasteiger partial charge in [0.2, 0.25) is 5.91 Å². The minimum atomic E-state index is -0.103. The summed E-state index contributed by atoms with van der Waals surface area (Å²) in [5.41, 5.74) is 2.24. The van der Waals surface area contributed by atoms with Gasteiger partial charge in [-0.1, -0.05) is 72.8 Å². The maximum absolute atomic E-state index is 12.3. The summed E-state index contributed by atoms with van der Waals surface area (Å²) in [6.07, 6.45) is 1.17. The smallest absolute Gasteiger partial charge is 0.230 e. The maximum Gasteiger partial charge on any atom is 0.230 e. The zero-order valence-corrected chi connectivity index (χ0v) is 14.7. The third-order valence-electron chi connectivity index (χ3n) is 4.03. The molecule has 0 saturated heterocycles. The summed E-state index contributed by atoms with van der Waals surface area (Å²) in [7, 11) is 0. The van der Waals surface area contributed by atoms with E-state index in [0.717, 1.165) is 22.8 Å². The predicted molar refractivity (Wildman–Crippen MR) is 107 cm³/mol. The molecule has 2 N–H and O–H groups in total. The van der Waals surface area contributed by atoms with E-state index in [4.69, 9.17) is 12.2 Å². The molecular formula is C21H20N2OS. The number of fused-ring (bicyclic) bond motifs is 1. The molecule has 0 fully saturated rings. The summed E-state index contributed by atoms with van der Waals surface area (Å²) >= 11 is 5.21. The number of rotatable bonds is 5. The molecule has 0 heterocycles. The number of thiocarbonyl (C=S) groups is 1. The van der Waals surface area contributed by atoms with Crippen molar-refractivity contribution >= 4 is 34.0 Å². The third kappa shape index (κ3) is 4.88. The van der Waals surface area contributed by atoms with Gasteiger partial charge in [0, 0.05) is 6.54 Å². The van der Waals surface area contributed by atoms with Gasteiger partial charge in [0.1, 0.15) is 0 Å². The van der Waals surface area contributed by atoms with Gasteiger partial charge in [0.15, 0.2) is 5.11 Å². The van der Waals surface area contributed by atoms with E-state index < -0.39 is 0 Å². The molecule has 0 spiro atoms. The zero-order chi connectivity index (χ0) is 17.5. The molecule has 0 atom stereocenters. The SMILES string of the molecule is O=C(Cc1cccc2ccccc12)NC(=S)NCCc1ccccc1. The van der Waals surface area contributed by atoms with E-state index in [1.165, 1.54) is 5.56 Å². The Morgan fingerprint density at radius 2 is 1.60 bits per heavy atom. The van der Waals surface area contributed by atoms with Crippen molar-refractivity contribution < 1.29 is 4.79 Å². The number of nitrogens with one attached hydrogen (secondary N) is 2. The van der Waals surface area contributed by atoms with Crippen molar-refractivity contribution in [1.82, 2.24) is 10.6 Å². The summed E-state index contributed by atoms with van der Waals surface area (Å²) in [5, 5.41) is 8.46. The van der Waals surface area contributed by atoms with Crippen LogP contribution in [0.2, 0.25) is 0 Å². The van der Waals surface area contributed by atoms with Gasteiger partial charge in [0.25, 0.3) is 0 Å². The first-order valence-electron chi connectivity index (χ1n) is 8.30. The second-order valence-electron chi connectivity index (χ2n) is 5.85. The summed E-state index contributed by atoms with van der Waals surface area (Å²) in [6, 6.07) is 24.2. The number of carbonyl (C=O) groups is 1. The van der Waals surface area contributed by atoms with Gasteiger partial charge < -0.3 is 10.6 Å². The van der Waals surface area contributed by atoms with E-state index in [-0.39, 0.29) is 5.91 Å². The molecule has 0 aromatic heterocycles. The van der Waals surface area contributed by atoms with E-state index in [2.05, 4.69) is 22.8 Å². The van der Waals surface area contributed by atoms with Crippen molar-refractivity contribution in [3.63, 3.8) is 0 Å². The predicted octanol–water partition coefficient (Wildman–Crippen LogP) is 3.62. The minimum Gasteiger partial charge on any atom is -0.362 e. The van der Waals surface area contributed by atoms with Gasteiger partial charge in [-0.3, -0.25) is 4.79 Å². The molecule has 3 rings (SSSR count). The average molecular weight is 348 g/mol. The van der Waals surface area contributed by atoms with Crippen LogP contribution in [0.4, 0.5) is 0 Å². The normalized spacial score (nSPS) is 10.4. The second kappa shape index (κ2) is 8.40. The molecule has 0 bridgehead atoms. The Bertz CT molecular complexity index is 872. The fourth-order valence-electron chi connectivity index (χ4n) is 2.80. The molecule has 0 saturated carbocycles. The van der Waals surface area contributed by atoms with Crippen molar-refractivity contribution in [2.75, 3.05) is 6.54 Å². The van der Waals surface area contributed by atoms with Gasteiger partial charge in [-0.25, -0.2) is 0 Å². The van der Waals surface area contributed by atoms with Crippen LogP contribution in [0.5, 0.6) is 0 Å². The summed E-state index contributed by atoms with van der Waals surface area (Å²) in [4.78, 5) is 12.3. The van der Waals surface area contributed by atoms with Crippen LogP contribution in [0.25, 0.3) is 10.8 Å². The van der Waals surface area contributed by atoms with Gasteiger partial charge in [0.05, 0.1) is 6.42 Å². The standard InChI is InChI=1S/C21H20N2OS/c24-20(15-18-11-6-10-17-9-4-5-12-19(17)18)23-21(25)22-14-13-16-7-2-1-3-8-16/h1-12H,13-15H2,(H2,22,23,24,25). The van der Waals surface area contributed by atoms with Crippen LogP contribution in [-0.4, -0.2) is 17.6 Å². The van der Waals surface area contributed by atoms with Crippen molar-refractivity contribution in [3.05, 3.63) is 83.9 Å². The summed E-state index contributed by atoms with van der Waals surface area (Å²) in [6.45, 7) is 0.692. The monoisotopic (exact) mass is 348 g/mol. The quantitative estimate of drug-likeness (QED) is 0.692. The van der Waals surface area contributed by atoms with Crippen molar-refractivity contribution in [1.29, 1.82) is 0 Å². The highest BCUT2D eigenvalue weighted by Crippen LogP contribution is 2.18. The number of hydrogen-bond acceptors (Lipinski definition) is 2. The fourth-order valence-corrected chi connectivity index (χ4v) is 3.02. The van der Waals surface area contributed by atoms with E-state index in [1.54, 1.807) is 0 Å². The first kappa shape index (κ1) is 17.1. The number of benzene rings is 3. The van der Waals surface area contributed by atoms with Crippen molar-refractivity contribution in [3.8, 4) is 0 Å². The molecule has 3 aromatic carbocycles. The highest BCUT2D eigenvalue weighted by molar-refractivity contribution is 7.80. The molecule has 126 valence electrons. The lowest BCUT2D eigenvalue weighted by atomic mass is 10.0. The molecule has 1 amide bonds. The number of amides is 1. The van der Waals surface area contributed by atoms with E-state index >= 15 is 0 Å². The summed E-state index contributed by atoms with van der Waals surface area (Å²) in [5.74, 6) is -0.103. The Labute approximate surface area is 153 Å². The third-order valence-corrected chi connectivity index (χ3v) is 4.27. The maximum atomic E-state index is 12.3. The Morgan fingerprint density at radius 3 is 2.44 bits per heavy atom. The van der Waals surface area contributed by atoms with Gasteiger partial charge in [-0.05, 0) is 40.5 Å². The molecule has 0 aliphatic heterocycles. The Kier molecular flexibility index (Phi) is 5.75. The van der Waals surface area contributed by atoms with Gasteiger partial charge >= 0.3 is 0 Å². The Hall–Kier alpha value is -2.72. The molecule has 0 radical (unpaired) electrons. The van der Waals surface area contributed by atoms with Crippen molar-refractivity contribution in [2.45, 2.75) is 12.8 Å². The zero-order valence-electron chi connectivity index (χ0n) is 13.9. The van der Waals surface area contributed by atoms with Crippen LogP contribution in [0.15, 0.2) is 72.8 Å². The van der Waals surface area contributed by atoms with Gasteiger partial charge in [-0.15, -0.1) is 0 Å². The average Bonchev–Trinajstić information content (AvgIpc) is 2.63. The Balaban J connectivity index is 1.51. The molecule has 4 heteroatoms. The summed E-state index contributed by atoms with van der Waals surface area (Å²) < 4.78 is 0. The van der Waals surface area contributed by atoms with Crippen LogP contribution in [0.3, 0.4) is 0 Å². The topological polar surface area (TPSA) is 41.1 Å². The Morgan fingerprint density at radius 1 is 0.880 bits per heavy atom. The molecule has 0 aliphatic rings. The number of carbonyl (C=O) groups excluding carboxylic acids is 1. The largest absolute Gasteiger partial charge is 0.362 e. The first-order chi connectivity index (χ1) is 12.2. The van der Waals surface area contributed by atoms with Crippen LogP contribution in [0.1, 0.15) is 11.1 Å². The minimum absolute atomic E-state index is 0.103. The lowest BCUT2D eigenvalue weighted by molar-refractivity contribution is -0.119. The molecule has 3 aromatic rings. The van der Waals surface area contributed by atoms with Crippen LogP contribution in [-0.2, 0) is 17.6 Å². The lowest BCUT2D eigenvalue weighted by Crippen LogP contribution is -2.40.